The minimum Gasteiger partial charge on any atom is -0.384 e. The Kier molecular flexibility index (Phi) is 12.1. The minimum atomic E-state index is -0.211. The van der Waals surface area contributed by atoms with Gasteiger partial charge in [0, 0.05) is 30.8 Å². The lowest BCUT2D eigenvalue weighted by molar-refractivity contribution is -0.117. The lowest BCUT2D eigenvalue weighted by atomic mass is 9.96. The van der Waals surface area contributed by atoms with E-state index < -0.39 is 0 Å². The molecule has 1 heterocycles. The fraction of sp³-hybridized carbons (Fsp3) is 0.565. The first kappa shape index (κ1) is 25.0. The van der Waals surface area contributed by atoms with E-state index in [0.29, 0.717) is 24.5 Å². The lowest BCUT2D eigenvalue weighted by Gasteiger charge is -2.25. The van der Waals surface area contributed by atoms with E-state index in [0.717, 1.165) is 42.1 Å². The maximum atomic E-state index is 12.6. The van der Waals surface area contributed by atoms with Crippen LogP contribution in [0.5, 0.6) is 0 Å². The number of nitrogens with one attached hydrogen (secondary N) is 2. The molecule has 0 saturated carbocycles. The smallest absolute Gasteiger partial charge is 0.257 e. The average Bonchev–Trinajstić information content (AvgIpc) is 2.70. The van der Waals surface area contributed by atoms with E-state index >= 15 is 0 Å². The van der Waals surface area contributed by atoms with Crippen LogP contribution >= 0.6 is 11.6 Å². The Morgan fingerprint density at radius 2 is 2.14 bits per heavy atom. The molecule has 2 N–H and O–H groups in total. The van der Waals surface area contributed by atoms with Gasteiger partial charge in [-0.3, -0.25) is 4.79 Å². The van der Waals surface area contributed by atoms with Crippen molar-refractivity contribution in [2.75, 3.05) is 13.1 Å². The number of amides is 1. The molecular formula is C23H36ClN3O2. The van der Waals surface area contributed by atoms with Crippen LogP contribution in [0.2, 0.25) is 0 Å². The Morgan fingerprint density at radius 1 is 1.38 bits per heavy atom. The van der Waals surface area contributed by atoms with Gasteiger partial charge in [0.2, 0.25) is 0 Å². The quantitative estimate of drug-likeness (QED) is 0.232. The highest BCUT2D eigenvalue weighted by molar-refractivity contribution is 6.29. The summed E-state index contributed by atoms with van der Waals surface area (Å²) in [6, 6.07) is 0. The van der Waals surface area contributed by atoms with Gasteiger partial charge in [-0.1, -0.05) is 75.5 Å². The van der Waals surface area contributed by atoms with Gasteiger partial charge in [0.25, 0.3) is 5.91 Å². The van der Waals surface area contributed by atoms with Crippen molar-refractivity contribution in [3.63, 3.8) is 0 Å². The first-order valence-corrected chi connectivity index (χ1v) is 11.0. The largest absolute Gasteiger partial charge is 0.384 e. The second-order valence-electron chi connectivity index (χ2n) is 7.08. The molecular weight excluding hydrogens is 386 g/mol. The van der Waals surface area contributed by atoms with Crippen LogP contribution in [-0.4, -0.2) is 25.2 Å². The van der Waals surface area contributed by atoms with E-state index in [2.05, 4.69) is 49.2 Å². The summed E-state index contributed by atoms with van der Waals surface area (Å²) in [7, 11) is 0. The molecule has 6 heteroatoms. The van der Waals surface area contributed by atoms with Crippen molar-refractivity contribution in [1.82, 2.24) is 10.6 Å². The number of halogens is 1. The highest BCUT2D eigenvalue weighted by Crippen LogP contribution is 2.25. The van der Waals surface area contributed by atoms with Crippen molar-refractivity contribution in [3.8, 4) is 0 Å². The summed E-state index contributed by atoms with van der Waals surface area (Å²) in [5, 5.41) is 10.9. The molecule has 0 bridgehead atoms. The molecule has 1 atom stereocenters. The Balaban J connectivity index is 3.14. The van der Waals surface area contributed by atoms with Crippen LogP contribution in [0.15, 0.2) is 51.5 Å². The summed E-state index contributed by atoms with van der Waals surface area (Å²) in [5.74, 6) is 0.689. The molecule has 1 unspecified atom stereocenters. The molecule has 0 spiro atoms. The zero-order chi connectivity index (χ0) is 21.6. The van der Waals surface area contributed by atoms with E-state index in [1.54, 1.807) is 6.92 Å². The standard InChI is InChI=1S/C23H36ClN3O2/c1-6-10-18(8-3)14-15-25-22-19(12-13-20(24)11-7-2)16-26-23(28)21(22)17(5)29-27-9-4/h9,11-12,18,25H,5-8,10,13-16H2,1-4H3,(H,26,28)/b19-12+,20-11+,27-9+. The summed E-state index contributed by atoms with van der Waals surface area (Å²) in [6.07, 6.45) is 11.7. The van der Waals surface area contributed by atoms with Crippen molar-refractivity contribution >= 4 is 23.7 Å². The van der Waals surface area contributed by atoms with Gasteiger partial charge >= 0.3 is 0 Å². The monoisotopic (exact) mass is 421 g/mol. The van der Waals surface area contributed by atoms with Crippen molar-refractivity contribution in [1.29, 1.82) is 0 Å². The fourth-order valence-corrected chi connectivity index (χ4v) is 3.55. The predicted octanol–water partition coefficient (Wildman–Crippen LogP) is 5.56. The fourth-order valence-electron chi connectivity index (χ4n) is 3.32. The molecule has 0 aromatic carbocycles. The number of nitrogens with zero attached hydrogens (tertiary/aromatic N) is 1. The molecule has 0 fully saturated rings. The first-order valence-electron chi connectivity index (χ1n) is 10.6. The van der Waals surface area contributed by atoms with E-state index in [-0.39, 0.29) is 11.7 Å². The van der Waals surface area contributed by atoms with Crippen LogP contribution in [0, 0.1) is 5.92 Å². The Morgan fingerprint density at radius 3 is 2.76 bits per heavy atom. The maximum absolute atomic E-state index is 12.6. The van der Waals surface area contributed by atoms with Gasteiger partial charge in [-0.05, 0) is 31.3 Å². The molecule has 0 radical (unpaired) electrons. The molecule has 0 aliphatic carbocycles. The van der Waals surface area contributed by atoms with Gasteiger partial charge < -0.3 is 15.5 Å². The van der Waals surface area contributed by atoms with Gasteiger partial charge in [0.05, 0.1) is 5.70 Å². The molecule has 1 rings (SSSR count). The topological polar surface area (TPSA) is 62.7 Å². The van der Waals surface area contributed by atoms with Crippen molar-refractivity contribution in [2.24, 2.45) is 11.1 Å². The van der Waals surface area contributed by atoms with Crippen LogP contribution in [0.25, 0.3) is 0 Å². The normalized spacial score (nSPS) is 17.6. The van der Waals surface area contributed by atoms with Gasteiger partial charge in [-0.15, -0.1) is 0 Å². The molecule has 29 heavy (non-hydrogen) atoms. The van der Waals surface area contributed by atoms with Crippen molar-refractivity contribution in [2.45, 2.75) is 66.2 Å². The van der Waals surface area contributed by atoms with Gasteiger partial charge in [-0.25, -0.2) is 0 Å². The summed E-state index contributed by atoms with van der Waals surface area (Å²) >= 11 is 6.27. The third-order valence-corrected chi connectivity index (χ3v) is 5.19. The third-order valence-electron chi connectivity index (χ3n) is 4.88. The SMILES string of the molecule is C=C(O/N=C/C)C1=C(NCCC(CC)CCC)/C(=C/C/C(Cl)=C\CC)CNC1=O. The van der Waals surface area contributed by atoms with Gasteiger partial charge in [0.1, 0.15) is 5.57 Å². The molecule has 5 nitrogen and oxygen atoms in total. The third kappa shape index (κ3) is 8.48. The van der Waals surface area contributed by atoms with E-state index in [9.17, 15) is 4.79 Å². The molecule has 0 saturated heterocycles. The summed E-state index contributed by atoms with van der Waals surface area (Å²) in [5.41, 5.74) is 2.14. The number of carbonyl (C=O) groups excluding carboxylic acids is 1. The predicted molar refractivity (Wildman–Crippen MR) is 123 cm³/mol. The highest BCUT2D eigenvalue weighted by atomic mass is 35.5. The summed E-state index contributed by atoms with van der Waals surface area (Å²) in [6.45, 7) is 13.4. The van der Waals surface area contributed by atoms with E-state index in [1.165, 1.54) is 19.1 Å². The summed E-state index contributed by atoms with van der Waals surface area (Å²) in [4.78, 5) is 17.9. The number of hydrogen-bond donors (Lipinski definition) is 2. The van der Waals surface area contributed by atoms with Crippen molar-refractivity contribution in [3.05, 3.63) is 46.4 Å². The Bertz CT molecular complexity index is 678. The molecule has 1 aliphatic heterocycles. The average molecular weight is 422 g/mol. The van der Waals surface area contributed by atoms with E-state index in [1.807, 2.05) is 6.08 Å². The number of hydrogen-bond acceptors (Lipinski definition) is 4. The highest BCUT2D eigenvalue weighted by Gasteiger charge is 2.27. The second kappa shape index (κ2) is 14.0. The van der Waals surface area contributed by atoms with Crippen molar-refractivity contribution < 1.29 is 9.63 Å². The van der Waals surface area contributed by atoms with Gasteiger partial charge in [0.15, 0.2) is 5.76 Å². The second-order valence-corrected chi connectivity index (χ2v) is 7.57. The zero-order valence-electron chi connectivity index (χ0n) is 18.3. The summed E-state index contributed by atoms with van der Waals surface area (Å²) < 4.78 is 0. The molecule has 0 aromatic heterocycles. The molecule has 0 aromatic rings. The van der Waals surface area contributed by atoms with Gasteiger partial charge in [-0.2, -0.15) is 0 Å². The zero-order valence-corrected chi connectivity index (χ0v) is 19.1. The maximum Gasteiger partial charge on any atom is 0.257 e. The van der Waals surface area contributed by atoms with Crippen LogP contribution in [0.4, 0.5) is 0 Å². The minimum absolute atomic E-state index is 0.211. The number of allylic oxidation sites excluding steroid dienone is 3. The number of oxime groups is 1. The number of carbonyl (C=O) groups is 1. The lowest BCUT2D eigenvalue weighted by Crippen LogP contribution is -2.38. The molecule has 1 amide bonds. The first-order chi connectivity index (χ1) is 14.0. The van der Waals surface area contributed by atoms with Crippen LogP contribution in [0.1, 0.15) is 66.2 Å². The van der Waals surface area contributed by atoms with Crippen LogP contribution in [-0.2, 0) is 9.63 Å². The Hall–Kier alpha value is -2.01. The Labute approximate surface area is 181 Å². The van der Waals surface area contributed by atoms with E-state index in [4.69, 9.17) is 16.4 Å². The van der Waals surface area contributed by atoms with Crippen LogP contribution < -0.4 is 10.6 Å². The van der Waals surface area contributed by atoms with Crippen LogP contribution in [0.3, 0.4) is 0 Å². The molecule has 1 aliphatic rings. The molecule has 162 valence electrons. The number of rotatable bonds is 13.